The summed E-state index contributed by atoms with van der Waals surface area (Å²) in [6.45, 7) is -3.51. The van der Waals surface area contributed by atoms with Crippen LogP contribution in [0.5, 0.6) is 0 Å². The molecule has 8 unspecified atom stereocenters. The molecule has 0 rings (SSSR count). The van der Waals surface area contributed by atoms with E-state index < -0.39 is 81.2 Å². The number of aliphatic hydroxyl groups is 10. The van der Waals surface area contributed by atoms with Crippen LogP contribution in [0.15, 0.2) is 0 Å². The highest BCUT2D eigenvalue weighted by Crippen LogP contribution is 2.07. The lowest BCUT2D eigenvalue weighted by Crippen LogP contribution is -2.60. The molecule has 26 heavy (non-hydrogen) atoms. The summed E-state index contributed by atoms with van der Waals surface area (Å²) >= 11 is 0. The maximum atomic E-state index is 11.9. The van der Waals surface area contributed by atoms with Gasteiger partial charge in [0, 0.05) is 0 Å². The molecule has 0 saturated heterocycles. The first-order valence-electron chi connectivity index (χ1n) is 7.73. The van der Waals surface area contributed by atoms with Gasteiger partial charge in [-0.2, -0.15) is 0 Å². The summed E-state index contributed by atoms with van der Waals surface area (Å²) in [6.07, 6.45) is -11.0. The Hall–Kier alpha value is -1.13. The minimum atomic E-state index is -1.89. The molecule has 0 spiro atoms. The molecule has 0 fully saturated rings. The maximum Gasteiger partial charge on any atom is 0.315 e. The fourth-order valence-corrected chi connectivity index (χ4v) is 2.00. The molecule has 0 aliphatic carbocycles. The maximum absolute atomic E-state index is 11.9. The van der Waals surface area contributed by atoms with E-state index in [0.717, 1.165) is 0 Å². The van der Waals surface area contributed by atoms with E-state index in [2.05, 4.69) is 0 Å². The van der Waals surface area contributed by atoms with Gasteiger partial charge in [-0.25, -0.2) is 4.79 Å². The van der Waals surface area contributed by atoms with Crippen LogP contribution >= 0.6 is 0 Å². The third-order valence-electron chi connectivity index (χ3n) is 3.71. The molecule has 0 aromatic carbocycles. The van der Waals surface area contributed by atoms with Crippen molar-refractivity contribution in [3.05, 3.63) is 0 Å². The third-order valence-corrected chi connectivity index (χ3v) is 3.71. The van der Waals surface area contributed by atoms with Crippen molar-refractivity contribution < 1.29 is 55.9 Å². The Labute approximate surface area is 148 Å². The lowest BCUT2D eigenvalue weighted by atomic mass is 10.0. The number of carbonyl (C=O) groups excluding carboxylic acids is 1. The van der Waals surface area contributed by atoms with Crippen molar-refractivity contribution in [2.24, 2.45) is 0 Å². The molecule has 2 amide bonds. The van der Waals surface area contributed by atoms with Gasteiger partial charge in [0.25, 0.3) is 0 Å². The van der Waals surface area contributed by atoms with Gasteiger partial charge in [0.2, 0.25) is 0 Å². The summed E-state index contributed by atoms with van der Waals surface area (Å²) in [6, 6.07) is -4.12. The molecule has 0 aromatic rings. The van der Waals surface area contributed by atoms with Crippen LogP contribution in [0.2, 0.25) is 0 Å². The van der Waals surface area contributed by atoms with E-state index in [1.165, 1.54) is 0 Å². The number of aliphatic hydroxyl groups excluding tert-OH is 10. The minimum absolute atomic E-state index is 0.873. The first-order valence-corrected chi connectivity index (χ1v) is 7.73. The summed E-state index contributed by atoms with van der Waals surface area (Å²) in [7, 11) is 0. The first kappa shape index (κ1) is 24.9. The number of amides is 2. The van der Waals surface area contributed by atoms with Gasteiger partial charge in [-0.3, -0.25) is 0 Å². The average Bonchev–Trinajstić information content (AvgIpc) is 2.66. The van der Waals surface area contributed by atoms with Gasteiger partial charge in [-0.1, -0.05) is 0 Å². The van der Waals surface area contributed by atoms with Crippen LogP contribution in [-0.2, 0) is 0 Å². The van der Waals surface area contributed by atoms with Crippen LogP contribution in [0.25, 0.3) is 0 Å². The van der Waals surface area contributed by atoms with Crippen LogP contribution in [0, 0.1) is 0 Å². The zero-order chi connectivity index (χ0) is 20.4. The molecule has 12 N–H and O–H groups in total. The molecule has 156 valence electrons. The fourth-order valence-electron chi connectivity index (χ4n) is 2.00. The Balaban J connectivity index is 4.85. The standard InChI is InChI=1S/C13H28N2O11/c16-1-5(9(22)11(24)7(20)3-18)14-13(26)15-6(2-17)10(23)12(25)8(21)4-19/h5-12,16-25H,1-4H2,(H2,14,15,26). The average molecular weight is 388 g/mol. The Bertz CT molecular complexity index is 368. The van der Waals surface area contributed by atoms with Crippen molar-refractivity contribution in [2.45, 2.75) is 48.7 Å². The minimum Gasteiger partial charge on any atom is -0.394 e. The van der Waals surface area contributed by atoms with Crippen LogP contribution in [0.1, 0.15) is 0 Å². The van der Waals surface area contributed by atoms with Crippen LogP contribution in [0.4, 0.5) is 4.79 Å². The summed E-state index contributed by atoms with van der Waals surface area (Å²) in [5, 5.41) is 97.1. The second kappa shape index (κ2) is 12.3. The fraction of sp³-hybridized carbons (Fsp3) is 0.923. The second-order valence-corrected chi connectivity index (χ2v) is 5.66. The normalized spacial score (nSPS) is 21.0. The summed E-state index contributed by atoms with van der Waals surface area (Å²) in [5.41, 5.74) is 0. The van der Waals surface area contributed by atoms with E-state index in [1.807, 2.05) is 10.6 Å². The van der Waals surface area contributed by atoms with Gasteiger partial charge in [0.1, 0.15) is 36.6 Å². The quantitative estimate of drug-likeness (QED) is 0.150. The zero-order valence-corrected chi connectivity index (χ0v) is 13.8. The largest absolute Gasteiger partial charge is 0.394 e. The third kappa shape index (κ3) is 7.24. The molecule has 8 atom stereocenters. The SMILES string of the molecule is O=C(NC(CO)C(O)C(O)C(O)CO)NC(CO)C(O)C(O)C(O)CO. The number of hydrogen-bond acceptors (Lipinski definition) is 11. The predicted molar refractivity (Wildman–Crippen MR) is 83.6 cm³/mol. The molecule has 0 aliphatic rings. The van der Waals surface area contributed by atoms with Crippen molar-refractivity contribution in [1.29, 1.82) is 0 Å². The van der Waals surface area contributed by atoms with Crippen LogP contribution in [-0.4, -0.2) is 132 Å². The van der Waals surface area contributed by atoms with Crippen LogP contribution in [0.3, 0.4) is 0 Å². The highest BCUT2D eigenvalue weighted by Gasteiger charge is 2.34. The van der Waals surface area contributed by atoms with E-state index >= 15 is 0 Å². The van der Waals surface area contributed by atoms with Crippen molar-refractivity contribution in [3.8, 4) is 0 Å². The van der Waals surface area contributed by atoms with Crippen molar-refractivity contribution in [2.75, 3.05) is 26.4 Å². The van der Waals surface area contributed by atoms with Gasteiger partial charge in [-0.15, -0.1) is 0 Å². The van der Waals surface area contributed by atoms with Crippen LogP contribution < -0.4 is 10.6 Å². The van der Waals surface area contributed by atoms with Crippen molar-refractivity contribution >= 4 is 6.03 Å². The molecular formula is C13H28N2O11. The smallest absolute Gasteiger partial charge is 0.315 e. The molecule has 13 nitrogen and oxygen atoms in total. The van der Waals surface area contributed by atoms with Gasteiger partial charge < -0.3 is 61.7 Å². The van der Waals surface area contributed by atoms with Gasteiger partial charge in [-0.05, 0) is 0 Å². The first-order chi connectivity index (χ1) is 12.1. The number of urea groups is 1. The number of nitrogens with one attached hydrogen (secondary N) is 2. The Kier molecular flexibility index (Phi) is 11.8. The number of rotatable bonds is 12. The van der Waals surface area contributed by atoms with E-state index in [9.17, 15) is 45.6 Å². The van der Waals surface area contributed by atoms with E-state index in [4.69, 9.17) is 10.2 Å². The predicted octanol–water partition coefficient (Wildman–Crippen LogP) is -6.84. The summed E-state index contributed by atoms with van der Waals surface area (Å²) < 4.78 is 0. The second-order valence-electron chi connectivity index (χ2n) is 5.66. The van der Waals surface area contributed by atoms with E-state index in [0.29, 0.717) is 0 Å². The van der Waals surface area contributed by atoms with Gasteiger partial charge in [0.05, 0.1) is 38.5 Å². The molecule has 0 bridgehead atoms. The van der Waals surface area contributed by atoms with Crippen molar-refractivity contribution in [3.63, 3.8) is 0 Å². The molecule has 0 aromatic heterocycles. The highest BCUT2D eigenvalue weighted by atomic mass is 16.4. The molecular weight excluding hydrogens is 360 g/mol. The Morgan fingerprint density at radius 2 is 0.885 bits per heavy atom. The molecule has 0 radical (unpaired) electrons. The summed E-state index contributed by atoms with van der Waals surface area (Å²) in [4.78, 5) is 11.9. The van der Waals surface area contributed by atoms with E-state index in [-0.39, 0.29) is 0 Å². The molecule has 0 aliphatic heterocycles. The molecule has 13 heteroatoms. The lowest BCUT2D eigenvalue weighted by Gasteiger charge is -2.31. The monoisotopic (exact) mass is 388 g/mol. The van der Waals surface area contributed by atoms with Crippen molar-refractivity contribution in [1.82, 2.24) is 10.6 Å². The highest BCUT2D eigenvalue weighted by molar-refractivity contribution is 5.74. The van der Waals surface area contributed by atoms with Gasteiger partial charge >= 0.3 is 6.03 Å². The lowest BCUT2D eigenvalue weighted by molar-refractivity contribution is -0.0925. The van der Waals surface area contributed by atoms with E-state index in [1.54, 1.807) is 0 Å². The number of hydrogen-bond donors (Lipinski definition) is 12. The Morgan fingerprint density at radius 3 is 1.12 bits per heavy atom. The summed E-state index contributed by atoms with van der Waals surface area (Å²) in [5.74, 6) is 0. The zero-order valence-electron chi connectivity index (χ0n) is 13.8. The topological polar surface area (TPSA) is 243 Å². The molecule has 0 heterocycles. The Morgan fingerprint density at radius 1 is 0.577 bits per heavy atom. The molecule has 0 saturated carbocycles. The van der Waals surface area contributed by atoms with Gasteiger partial charge in [0.15, 0.2) is 0 Å². The number of carbonyl (C=O) groups is 1.